The Morgan fingerprint density at radius 2 is 2.03 bits per heavy atom. The van der Waals surface area contributed by atoms with E-state index in [4.69, 9.17) is 15.6 Å². The third-order valence-electron chi connectivity index (χ3n) is 4.86. The van der Waals surface area contributed by atoms with Gasteiger partial charge in [-0.1, -0.05) is 25.0 Å². The summed E-state index contributed by atoms with van der Waals surface area (Å²) in [7, 11) is 0. The number of amides is 2. The fraction of sp³-hybridized carbons (Fsp3) is 0.200. The van der Waals surface area contributed by atoms with Crippen molar-refractivity contribution in [2.24, 2.45) is 0 Å². The molecule has 7 nitrogen and oxygen atoms in total. The number of esters is 1. The Bertz CT molecular complexity index is 1230. The minimum atomic E-state index is -0.581. The zero-order chi connectivity index (χ0) is 23.3. The predicted octanol–water partition coefficient (Wildman–Crippen LogP) is 3.74. The molecule has 1 aliphatic heterocycles. The Hall–Kier alpha value is -4.36. The van der Waals surface area contributed by atoms with E-state index in [2.05, 4.69) is 5.92 Å². The zero-order valence-corrected chi connectivity index (χ0v) is 17.7. The molecule has 0 fully saturated rings. The molecule has 1 aromatic carbocycles. The first-order chi connectivity index (χ1) is 15.4. The van der Waals surface area contributed by atoms with Crippen molar-refractivity contribution in [3.05, 3.63) is 64.4 Å². The topological polar surface area (TPSA) is 101 Å². The predicted molar refractivity (Wildman–Crippen MR) is 117 cm³/mol. The van der Waals surface area contributed by atoms with Crippen molar-refractivity contribution in [3.8, 4) is 29.7 Å². The van der Waals surface area contributed by atoms with E-state index in [0.29, 0.717) is 34.6 Å². The van der Waals surface area contributed by atoms with Crippen LogP contribution in [0.5, 0.6) is 0 Å². The van der Waals surface area contributed by atoms with E-state index in [1.807, 2.05) is 13.0 Å². The summed E-state index contributed by atoms with van der Waals surface area (Å²) in [6.07, 6.45) is 7.20. The molecule has 1 aromatic heterocycles. The molecule has 0 atom stereocenters. The van der Waals surface area contributed by atoms with Gasteiger partial charge in [-0.15, -0.1) is 6.42 Å². The molecular weight excluding hydrogens is 408 g/mol. The maximum Gasteiger partial charge on any atom is 0.339 e. The van der Waals surface area contributed by atoms with Crippen molar-refractivity contribution >= 4 is 23.9 Å². The lowest BCUT2D eigenvalue weighted by Gasteiger charge is -2.26. The number of imide groups is 1. The number of carbonyl (C=O) groups excluding carboxylic acids is 3. The summed E-state index contributed by atoms with van der Waals surface area (Å²) in [4.78, 5) is 38.4. The smallest absolute Gasteiger partial charge is 0.339 e. The van der Waals surface area contributed by atoms with Gasteiger partial charge in [-0.3, -0.25) is 14.5 Å². The van der Waals surface area contributed by atoms with Gasteiger partial charge in [0.25, 0.3) is 11.8 Å². The highest BCUT2D eigenvalue weighted by atomic mass is 16.5. The number of hydrogen-bond donors (Lipinski definition) is 0. The van der Waals surface area contributed by atoms with Crippen LogP contribution in [-0.2, 0) is 14.3 Å². The number of furan rings is 1. The second kappa shape index (κ2) is 9.63. The highest BCUT2D eigenvalue weighted by molar-refractivity contribution is 6.19. The molecular formula is C25H20N2O5. The second-order valence-corrected chi connectivity index (χ2v) is 6.99. The number of nitriles is 1. The van der Waals surface area contributed by atoms with Crippen LogP contribution < -0.4 is 0 Å². The van der Waals surface area contributed by atoms with Crippen LogP contribution in [-0.4, -0.2) is 35.8 Å². The van der Waals surface area contributed by atoms with Crippen molar-refractivity contribution in [2.75, 3.05) is 13.2 Å². The van der Waals surface area contributed by atoms with Gasteiger partial charge in [-0.05, 0) is 49.3 Å². The summed E-state index contributed by atoms with van der Waals surface area (Å²) in [5.74, 6) is 1.48. The molecule has 3 rings (SSSR count). The molecule has 2 heterocycles. The number of ether oxygens (including phenoxy) is 1. The second-order valence-electron chi connectivity index (χ2n) is 6.99. The van der Waals surface area contributed by atoms with E-state index >= 15 is 0 Å². The molecule has 0 bridgehead atoms. The van der Waals surface area contributed by atoms with Crippen LogP contribution in [0.4, 0.5) is 0 Å². The van der Waals surface area contributed by atoms with E-state index in [1.165, 1.54) is 6.08 Å². The highest BCUT2D eigenvalue weighted by Crippen LogP contribution is 2.29. The van der Waals surface area contributed by atoms with Gasteiger partial charge in [0.05, 0.1) is 5.56 Å². The summed E-state index contributed by atoms with van der Waals surface area (Å²) in [5, 5.41) is 9.40. The lowest BCUT2D eigenvalue weighted by atomic mass is 9.94. The summed E-state index contributed by atoms with van der Waals surface area (Å²) in [6.45, 7) is 3.51. The van der Waals surface area contributed by atoms with Crippen molar-refractivity contribution in [1.29, 1.82) is 5.26 Å². The monoisotopic (exact) mass is 428 g/mol. The van der Waals surface area contributed by atoms with E-state index in [1.54, 1.807) is 43.3 Å². The van der Waals surface area contributed by atoms with Gasteiger partial charge >= 0.3 is 5.97 Å². The fourth-order valence-electron chi connectivity index (χ4n) is 3.27. The molecule has 0 spiro atoms. The van der Waals surface area contributed by atoms with Crippen LogP contribution in [0.1, 0.15) is 36.4 Å². The molecule has 0 N–H and O–H groups in total. The Labute approximate surface area is 185 Å². The molecule has 1 aliphatic rings. The van der Waals surface area contributed by atoms with Crippen molar-refractivity contribution in [2.45, 2.75) is 20.3 Å². The normalized spacial score (nSPS) is 15.0. The number of carbonyl (C=O) groups is 3. The minimum absolute atomic E-state index is 0.0609. The van der Waals surface area contributed by atoms with Gasteiger partial charge in [0.15, 0.2) is 6.61 Å². The first-order valence-electron chi connectivity index (χ1n) is 9.91. The van der Waals surface area contributed by atoms with Crippen molar-refractivity contribution in [1.82, 2.24) is 4.90 Å². The molecule has 2 amide bonds. The Kier molecular flexibility index (Phi) is 6.72. The minimum Gasteiger partial charge on any atom is -0.457 e. The molecule has 160 valence electrons. The van der Waals surface area contributed by atoms with Gasteiger partial charge in [0.2, 0.25) is 0 Å². The maximum atomic E-state index is 12.9. The highest BCUT2D eigenvalue weighted by Gasteiger charge is 2.35. The first-order valence-corrected chi connectivity index (χ1v) is 9.91. The summed E-state index contributed by atoms with van der Waals surface area (Å²) >= 11 is 0. The lowest BCUT2D eigenvalue weighted by molar-refractivity contribution is -0.140. The fourth-order valence-corrected chi connectivity index (χ4v) is 3.27. The Morgan fingerprint density at radius 3 is 2.72 bits per heavy atom. The average Bonchev–Trinajstić information content (AvgIpc) is 3.27. The van der Waals surface area contributed by atoms with Crippen LogP contribution in [0.2, 0.25) is 0 Å². The van der Waals surface area contributed by atoms with E-state index in [0.717, 1.165) is 4.90 Å². The molecule has 0 unspecified atom stereocenters. The van der Waals surface area contributed by atoms with Gasteiger partial charge < -0.3 is 9.15 Å². The first kappa shape index (κ1) is 22.3. The number of hydrogen-bond acceptors (Lipinski definition) is 6. The van der Waals surface area contributed by atoms with Crippen LogP contribution in [0.3, 0.4) is 0 Å². The Morgan fingerprint density at radius 1 is 1.25 bits per heavy atom. The largest absolute Gasteiger partial charge is 0.457 e. The number of benzene rings is 1. The van der Waals surface area contributed by atoms with Crippen LogP contribution in [0.25, 0.3) is 17.4 Å². The van der Waals surface area contributed by atoms with Gasteiger partial charge in [-0.2, -0.15) is 5.26 Å². The van der Waals surface area contributed by atoms with Gasteiger partial charge in [-0.25, -0.2) is 4.79 Å². The quantitative estimate of drug-likeness (QED) is 0.301. The van der Waals surface area contributed by atoms with Crippen molar-refractivity contribution < 1.29 is 23.5 Å². The molecule has 0 radical (unpaired) electrons. The van der Waals surface area contributed by atoms with Crippen LogP contribution in [0, 0.1) is 23.7 Å². The van der Waals surface area contributed by atoms with Gasteiger partial charge in [0.1, 0.15) is 23.2 Å². The standard InChI is InChI=1S/C25H20N2O5/c1-4-11-27-23(28)20(16(3)21(15-26)24(27)29)14-19-9-10-22(32-19)17-7-6-8-18(13-17)25(30)31-12-5-2/h2,6-10,13-14H,4,11-12H2,1,3H3/b20-14-. The SMILES string of the molecule is C#CCOC(=O)c1cccc(-c2ccc(/C=C3\C(=O)N(CCC)C(=O)C(C#N)=C3C)o2)c1. The summed E-state index contributed by atoms with van der Waals surface area (Å²) in [6, 6.07) is 11.9. The number of nitrogens with zero attached hydrogens (tertiary/aromatic N) is 2. The summed E-state index contributed by atoms with van der Waals surface area (Å²) in [5.41, 5.74) is 1.43. The van der Waals surface area contributed by atoms with E-state index < -0.39 is 17.8 Å². The maximum absolute atomic E-state index is 12.9. The number of rotatable bonds is 6. The molecule has 0 saturated heterocycles. The van der Waals surface area contributed by atoms with Crippen molar-refractivity contribution in [3.63, 3.8) is 0 Å². The van der Waals surface area contributed by atoms with Crippen LogP contribution in [0.15, 0.2) is 57.5 Å². The Balaban J connectivity index is 1.95. The van der Waals surface area contributed by atoms with Crippen LogP contribution >= 0.6 is 0 Å². The molecule has 0 saturated carbocycles. The third kappa shape index (κ3) is 4.38. The lowest BCUT2D eigenvalue weighted by Crippen LogP contribution is -2.43. The van der Waals surface area contributed by atoms with E-state index in [9.17, 15) is 19.6 Å². The molecule has 2 aromatic rings. The number of terminal acetylenes is 1. The van der Waals surface area contributed by atoms with Gasteiger partial charge in [0, 0.05) is 17.7 Å². The summed E-state index contributed by atoms with van der Waals surface area (Å²) < 4.78 is 10.8. The molecule has 7 heteroatoms. The third-order valence-corrected chi connectivity index (χ3v) is 4.86. The zero-order valence-electron chi connectivity index (χ0n) is 17.7. The molecule has 0 aliphatic carbocycles. The van der Waals surface area contributed by atoms with E-state index in [-0.39, 0.29) is 24.3 Å². The molecule has 32 heavy (non-hydrogen) atoms. The average molecular weight is 428 g/mol.